The summed E-state index contributed by atoms with van der Waals surface area (Å²) in [4.78, 5) is 0. The summed E-state index contributed by atoms with van der Waals surface area (Å²) < 4.78 is 6.85. The number of hydrogen-bond acceptors (Lipinski definition) is 2. The number of hydrogen-bond donors (Lipinski definition) is 1. The maximum absolute atomic E-state index is 5.96. The predicted molar refractivity (Wildman–Crippen MR) is 86.9 cm³/mol. The molecule has 0 aliphatic carbocycles. The molecule has 2 N–H and O–H groups in total. The summed E-state index contributed by atoms with van der Waals surface area (Å²) in [7, 11) is 0. The molecule has 0 radical (unpaired) electrons. The quantitative estimate of drug-likeness (QED) is 0.854. The van der Waals surface area contributed by atoms with E-state index in [1.165, 1.54) is 5.56 Å². The highest BCUT2D eigenvalue weighted by atomic mass is 79.9. The molecule has 0 spiro atoms. The Morgan fingerprint density at radius 2 is 1.85 bits per heavy atom. The minimum Gasteiger partial charge on any atom is -0.489 e. The van der Waals surface area contributed by atoms with E-state index in [0.29, 0.717) is 6.61 Å². The van der Waals surface area contributed by atoms with Crippen molar-refractivity contribution in [3.8, 4) is 5.75 Å². The third-order valence-corrected chi connectivity index (χ3v) is 3.73. The number of nitrogens with two attached hydrogens (primary N) is 1. The summed E-state index contributed by atoms with van der Waals surface area (Å²) in [5, 5.41) is 0. The summed E-state index contributed by atoms with van der Waals surface area (Å²) in [5.74, 6) is 0.888. The monoisotopic (exact) mass is 333 g/mol. The first kappa shape index (κ1) is 15.1. The lowest BCUT2D eigenvalue weighted by Crippen LogP contribution is -2.21. The van der Waals surface area contributed by atoms with Crippen molar-refractivity contribution in [2.45, 2.75) is 32.4 Å². The van der Waals surface area contributed by atoms with Crippen molar-refractivity contribution in [1.82, 2.24) is 0 Å². The topological polar surface area (TPSA) is 35.2 Å². The molecule has 106 valence electrons. The average molecular weight is 334 g/mol. The second kappa shape index (κ2) is 7.46. The minimum atomic E-state index is 0.239. The fraction of sp³-hybridized carbons (Fsp3) is 0.294. The van der Waals surface area contributed by atoms with Crippen LogP contribution < -0.4 is 10.5 Å². The lowest BCUT2D eigenvalue weighted by molar-refractivity contribution is 0.306. The molecule has 0 saturated carbocycles. The van der Waals surface area contributed by atoms with Crippen LogP contribution in [0.4, 0.5) is 0 Å². The van der Waals surface area contributed by atoms with Gasteiger partial charge < -0.3 is 10.5 Å². The van der Waals surface area contributed by atoms with Crippen LogP contribution in [0.1, 0.15) is 24.5 Å². The van der Waals surface area contributed by atoms with Crippen LogP contribution in [-0.4, -0.2) is 6.04 Å². The van der Waals surface area contributed by atoms with Gasteiger partial charge in [-0.2, -0.15) is 0 Å². The molecule has 0 aliphatic heterocycles. The van der Waals surface area contributed by atoms with Crippen LogP contribution in [0.5, 0.6) is 5.75 Å². The molecule has 0 aliphatic rings. The van der Waals surface area contributed by atoms with E-state index in [9.17, 15) is 0 Å². The summed E-state index contributed by atoms with van der Waals surface area (Å²) in [6.07, 6.45) is 1.92. The lowest BCUT2D eigenvalue weighted by atomic mass is 10.0. The molecule has 1 atom stereocenters. The average Bonchev–Trinajstić information content (AvgIpc) is 2.46. The molecule has 0 fully saturated rings. The Bertz CT molecular complexity index is 539. The molecule has 0 amide bonds. The van der Waals surface area contributed by atoms with Gasteiger partial charge in [-0.25, -0.2) is 0 Å². The zero-order valence-electron chi connectivity index (χ0n) is 11.7. The van der Waals surface area contributed by atoms with Crippen LogP contribution in [0.15, 0.2) is 53.0 Å². The molecule has 2 aromatic rings. The van der Waals surface area contributed by atoms with Crippen molar-refractivity contribution in [3.63, 3.8) is 0 Å². The molecule has 0 aromatic heterocycles. The molecule has 0 saturated heterocycles. The van der Waals surface area contributed by atoms with Gasteiger partial charge in [0, 0.05) is 10.5 Å². The van der Waals surface area contributed by atoms with Crippen molar-refractivity contribution in [1.29, 1.82) is 0 Å². The van der Waals surface area contributed by atoms with Gasteiger partial charge >= 0.3 is 0 Å². The maximum atomic E-state index is 5.96. The van der Waals surface area contributed by atoms with E-state index in [4.69, 9.17) is 10.5 Å². The molecule has 2 rings (SSSR count). The van der Waals surface area contributed by atoms with Gasteiger partial charge in [0.15, 0.2) is 0 Å². The predicted octanol–water partition coefficient (Wildman–Crippen LogP) is 4.31. The highest BCUT2D eigenvalue weighted by Crippen LogP contribution is 2.17. The van der Waals surface area contributed by atoms with E-state index in [-0.39, 0.29) is 6.04 Å². The van der Waals surface area contributed by atoms with Crippen LogP contribution in [0.3, 0.4) is 0 Å². The second-order valence-corrected chi connectivity index (χ2v) is 5.85. The summed E-state index contributed by atoms with van der Waals surface area (Å²) >= 11 is 3.46. The van der Waals surface area contributed by atoms with Gasteiger partial charge in [0.05, 0.1) is 0 Å². The summed E-state index contributed by atoms with van der Waals surface area (Å²) in [6, 6.07) is 16.6. The molecule has 1 unspecified atom stereocenters. The zero-order valence-corrected chi connectivity index (χ0v) is 13.3. The normalized spacial score (nSPS) is 12.2. The van der Waals surface area contributed by atoms with E-state index in [1.807, 2.05) is 24.3 Å². The molecule has 2 aromatic carbocycles. The first-order valence-electron chi connectivity index (χ1n) is 6.89. The van der Waals surface area contributed by atoms with Crippen LogP contribution in [0.25, 0.3) is 0 Å². The van der Waals surface area contributed by atoms with E-state index in [0.717, 1.165) is 28.6 Å². The van der Waals surface area contributed by atoms with Gasteiger partial charge in [0.2, 0.25) is 0 Å². The Morgan fingerprint density at radius 3 is 2.50 bits per heavy atom. The Labute approximate surface area is 129 Å². The minimum absolute atomic E-state index is 0.239. The lowest BCUT2D eigenvalue weighted by Gasteiger charge is -2.10. The molecule has 3 heteroatoms. The molecule has 0 bridgehead atoms. The van der Waals surface area contributed by atoms with Crippen molar-refractivity contribution in [3.05, 3.63) is 64.1 Å². The largest absolute Gasteiger partial charge is 0.489 e. The second-order valence-electron chi connectivity index (χ2n) is 4.93. The SMILES string of the molecule is CCC(N)Cc1ccc(OCc2cccc(Br)c2)cc1. The van der Waals surface area contributed by atoms with Crippen LogP contribution in [0.2, 0.25) is 0 Å². The van der Waals surface area contributed by atoms with Crippen molar-refractivity contribution >= 4 is 15.9 Å². The van der Waals surface area contributed by atoms with Gasteiger partial charge in [-0.3, -0.25) is 0 Å². The van der Waals surface area contributed by atoms with Crippen LogP contribution >= 0.6 is 15.9 Å². The smallest absolute Gasteiger partial charge is 0.119 e. The number of benzene rings is 2. The molecular weight excluding hydrogens is 314 g/mol. The first-order chi connectivity index (χ1) is 9.67. The number of halogens is 1. The fourth-order valence-corrected chi connectivity index (χ4v) is 2.41. The number of ether oxygens (including phenoxy) is 1. The zero-order chi connectivity index (χ0) is 14.4. The molecule has 2 nitrogen and oxygen atoms in total. The van der Waals surface area contributed by atoms with E-state index in [1.54, 1.807) is 0 Å². The van der Waals surface area contributed by atoms with Crippen molar-refractivity contribution in [2.24, 2.45) is 5.73 Å². The highest BCUT2D eigenvalue weighted by molar-refractivity contribution is 9.10. The van der Waals surface area contributed by atoms with Gasteiger partial charge in [0.1, 0.15) is 12.4 Å². The third-order valence-electron chi connectivity index (χ3n) is 3.24. The molecule has 0 heterocycles. The van der Waals surface area contributed by atoms with E-state index in [2.05, 4.69) is 47.1 Å². The van der Waals surface area contributed by atoms with E-state index < -0.39 is 0 Å². The summed E-state index contributed by atoms with van der Waals surface area (Å²) in [5.41, 5.74) is 8.36. The third kappa shape index (κ3) is 4.66. The Hall–Kier alpha value is -1.32. The first-order valence-corrected chi connectivity index (χ1v) is 7.68. The molecule has 20 heavy (non-hydrogen) atoms. The van der Waals surface area contributed by atoms with Crippen molar-refractivity contribution in [2.75, 3.05) is 0 Å². The Balaban J connectivity index is 1.90. The van der Waals surface area contributed by atoms with Gasteiger partial charge in [-0.1, -0.05) is 47.1 Å². The van der Waals surface area contributed by atoms with Gasteiger partial charge in [-0.05, 0) is 48.2 Å². The van der Waals surface area contributed by atoms with Gasteiger partial charge in [0.25, 0.3) is 0 Å². The standard InChI is InChI=1S/C17H20BrNO/c1-2-16(19)11-13-6-8-17(9-7-13)20-12-14-4-3-5-15(18)10-14/h3-10,16H,2,11-12,19H2,1H3. The number of rotatable bonds is 6. The summed E-state index contributed by atoms with van der Waals surface area (Å²) in [6.45, 7) is 2.69. The highest BCUT2D eigenvalue weighted by Gasteiger charge is 2.02. The fourth-order valence-electron chi connectivity index (χ4n) is 1.96. The Morgan fingerprint density at radius 1 is 1.10 bits per heavy atom. The van der Waals surface area contributed by atoms with Crippen molar-refractivity contribution < 1.29 is 4.74 Å². The van der Waals surface area contributed by atoms with Crippen LogP contribution in [-0.2, 0) is 13.0 Å². The van der Waals surface area contributed by atoms with Crippen LogP contribution in [0, 0.1) is 0 Å². The van der Waals surface area contributed by atoms with E-state index >= 15 is 0 Å². The van der Waals surface area contributed by atoms with Gasteiger partial charge in [-0.15, -0.1) is 0 Å². The molecular formula is C17H20BrNO. The maximum Gasteiger partial charge on any atom is 0.119 e. The Kier molecular flexibility index (Phi) is 5.62.